The molecule has 1 fully saturated rings. The van der Waals surface area contributed by atoms with Gasteiger partial charge in [0.1, 0.15) is 0 Å². The molecule has 0 aromatic carbocycles. The number of nitrogens with zero attached hydrogens (tertiary/aromatic N) is 3. The Morgan fingerprint density at radius 3 is 2.52 bits per heavy atom. The molecule has 1 aliphatic heterocycles. The molecule has 0 radical (unpaired) electrons. The van der Waals surface area contributed by atoms with Crippen LogP contribution in [0.15, 0.2) is 18.3 Å². The van der Waals surface area contributed by atoms with Crippen molar-refractivity contribution in [1.82, 2.24) is 20.1 Å². The van der Waals surface area contributed by atoms with Crippen molar-refractivity contribution in [3.05, 3.63) is 29.6 Å². The molecule has 2 rings (SSSR count). The number of pyridine rings is 1. The maximum absolute atomic E-state index is 4.61. The third-order valence-corrected chi connectivity index (χ3v) is 4.16. The summed E-state index contributed by atoms with van der Waals surface area (Å²) in [6.45, 7) is 14.4. The summed E-state index contributed by atoms with van der Waals surface area (Å²) in [6.07, 6.45) is 3.19. The predicted molar refractivity (Wildman–Crippen MR) is 88.2 cm³/mol. The lowest BCUT2D eigenvalue weighted by Gasteiger charge is -2.36. The monoisotopic (exact) mass is 290 g/mol. The van der Waals surface area contributed by atoms with E-state index >= 15 is 0 Å². The van der Waals surface area contributed by atoms with Gasteiger partial charge < -0.3 is 5.32 Å². The standard InChI is InChI=1S/C17H30N4/c1-4-7-18-12-16-5-6-17(19-13-16)14-20-8-10-21(11-9-20)15(2)3/h5-6,13,15,18H,4,7-12,14H2,1-3H3. The summed E-state index contributed by atoms with van der Waals surface area (Å²) >= 11 is 0. The smallest absolute Gasteiger partial charge is 0.0544 e. The molecule has 2 heterocycles. The second kappa shape index (κ2) is 8.47. The Morgan fingerprint density at radius 1 is 1.19 bits per heavy atom. The van der Waals surface area contributed by atoms with Gasteiger partial charge in [-0.2, -0.15) is 0 Å². The van der Waals surface area contributed by atoms with Crippen LogP contribution in [0.3, 0.4) is 0 Å². The van der Waals surface area contributed by atoms with E-state index in [0.717, 1.165) is 32.7 Å². The number of hydrogen-bond donors (Lipinski definition) is 1. The molecule has 1 aromatic rings. The third kappa shape index (κ3) is 5.38. The Kier molecular flexibility index (Phi) is 6.61. The summed E-state index contributed by atoms with van der Waals surface area (Å²) in [7, 11) is 0. The lowest BCUT2D eigenvalue weighted by molar-refractivity contribution is 0.103. The van der Waals surface area contributed by atoms with Gasteiger partial charge in [0.2, 0.25) is 0 Å². The van der Waals surface area contributed by atoms with E-state index in [1.165, 1.54) is 30.8 Å². The molecule has 1 N–H and O–H groups in total. The van der Waals surface area contributed by atoms with Gasteiger partial charge in [0, 0.05) is 51.5 Å². The van der Waals surface area contributed by atoms with E-state index in [2.05, 4.69) is 53.0 Å². The number of hydrogen-bond acceptors (Lipinski definition) is 4. The van der Waals surface area contributed by atoms with Crippen LogP contribution in [0.2, 0.25) is 0 Å². The van der Waals surface area contributed by atoms with Gasteiger partial charge >= 0.3 is 0 Å². The van der Waals surface area contributed by atoms with Crippen LogP contribution in [0, 0.1) is 0 Å². The molecule has 1 aromatic heterocycles. The van der Waals surface area contributed by atoms with Crippen LogP contribution in [0.1, 0.15) is 38.4 Å². The highest BCUT2D eigenvalue weighted by atomic mass is 15.3. The van der Waals surface area contributed by atoms with Crippen LogP contribution < -0.4 is 5.32 Å². The molecular weight excluding hydrogens is 260 g/mol. The second-order valence-electron chi connectivity index (χ2n) is 6.24. The number of rotatable bonds is 7. The largest absolute Gasteiger partial charge is 0.313 e. The first-order valence-corrected chi connectivity index (χ1v) is 8.30. The fourth-order valence-electron chi connectivity index (χ4n) is 2.73. The summed E-state index contributed by atoms with van der Waals surface area (Å²) in [5.41, 5.74) is 2.46. The Hall–Kier alpha value is -0.970. The zero-order chi connectivity index (χ0) is 15.1. The molecular formula is C17H30N4. The van der Waals surface area contributed by atoms with E-state index in [1.807, 2.05) is 6.20 Å². The molecule has 0 aliphatic carbocycles. The molecule has 0 spiro atoms. The molecule has 21 heavy (non-hydrogen) atoms. The van der Waals surface area contributed by atoms with E-state index in [0.29, 0.717) is 6.04 Å². The van der Waals surface area contributed by atoms with Gasteiger partial charge in [-0.05, 0) is 38.4 Å². The van der Waals surface area contributed by atoms with Gasteiger partial charge in [0.05, 0.1) is 5.69 Å². The molecule has 1 aliphatic rings. The summed E-state index contributed by atoms with van der Waals surface area (Å²) in [5, 5.41) is 3.41. The average molecular weight is 290 g/mol. The Morgan fingerprint density at radius 2 is 1.95 bits per heavy atom. The van der Waals surface area contributed by atoms with Crippen molar-refractivity contribution < 1.29 is 0 Å². The minimum absolute atomic E-state index is 0.667. The summed E-state index contributed by atoms with van der Waals surface area (Å²) in [5.74, 6) is 0. The van der Waals surface area contributed by atoms with E-state index in [4.69, 9.17) is 0 Å². The fourth-order valence-corrected chi connectivity index (χ4v) is 2.73. The highest BCUT2D eigenvalue weighted by Gasteiger charge is 2.18. The third-order valence-electron chi connectivity index (χ3n) is 4.16. The van der Waals surface area contributed by atoms with Crippen LogP contribution in [0.4, 0.5) is 0 Å². The topological polar surface area (TPSA) is 31.4 Å². The fraction of sp³-hybridized carbons (Fsp3) is 0.706. The Bertz CT molecular complexity index is 394. The van der Waals surface area contributed by atoms with Gasteiger partial charge in [0.15, 0.2) is 0 Å². The minimum Gasteiger partial charge on any atom is -0.313 e. The molecule has 4 nitrogen and oxygen atoms in total. The lowest BCUT2D eigenvalue weighted by atomic mass is 10.2. The van der Waals surface area contributed by atoms with Crippen LogP contribution in [-0.2, 0) is 13.1 Å². The maximum Gasteiger partial charge on any atom is 0.0544 e. The zero-order valence-electron chi connectivity index (χ0n) is 13.8. The Labute approximate surface area is 129 Å². The highest BCUT2D eigenvalue weighted by Crippen LogP contribution is 2.09. The van der Waals surface area contributed by atoms with Crippen molar-refractivity contribution in [3.8, 4) is 0 Å². The molecule has 4 heteroatoms. The average Bonchev–Trinajstić information content (AvgIpc) is 2.50. The van der Waals surface area contributed by atoms with E-state index < -0.39 is 0 Å². The van der Waals surface area contributed by atoms with Crippen molar-refractivity contribution in [3.63, 3.8) is 0 Å². The number of piperazine rings is 1. The first-order chi connectivity index (χ1) is 10.2. The normalized spacial score (nSPS) is 17.5. The quantitative estimate of drug-likeness (QED) is 0.779. The van der Waals surface area contributed by atoms with Crippen molar-refractivity contribution in [2.45, 2.75) is 46.3 Å². The molecule has 0 amide bonds. The van der Waals surface area contributed by atoms with Gasteiger partial charge in [-0.3, -0.25) is 14.8 Å². The summed E-state index contributed by atoms with van der Waals surface area (Å²) in [4.78, 5) is 9.67. The van der Waals surface area contributed by atoms with Crippen molar-refractivity contribution in [2.75, 3.05) is 32.7 Å². The van der Waals surface area contributed by atoms with Crippen LogP contribution in [0.25, 0.3) is 0 Å². The summed E-state index contributed by atoms with van der Waals surface area (Å²) in [6, 6.07) is 5.05. The van der Waals surface area contributed by atoms with E-state index in [1.54, 1.807) is 0 Å². The minimum atomic E-state index is 0.667. The van der Waals surface area contributed by atoms with Crippen molar-refractivity contribution in [1.29, 1.82) is 0 Å². The maximum atomic E-state index is 4.61. The van der Waals surface area contributed by atoms with Crippen LogP contribution >= 0.6 is 0 Å². The summed E-state index contributed by atoms with van der Waals surface area (Å²) < 4.78 is 0. The van der Waals surface area contributed by atoms with Gasteiger partial charge in [-0.15, -0.1) is 0 Å². The zero-order valence-corrected chi connectivity index (χ0v) is 13.8. The first-order valence-electron chi connectivity index (χ1n) is 8.30. The first kappa shape index (κ1) is 16.4. The van der Waals surface area contributed by atoms with Crippen molar-refractivity contribution in [2.24, 2.45) is 0 Å². The Balaban J connectivity index is 1.76. The van der Waals surface area contributed by atoms with Crippen molar-refractivity contribution >= 4 is 0 Å². The van der Waals surface area contributed by atoms with E-state index in [-0.39, 0.29) is 0 Å². The van der Waals surface area contributed by atoms with Crippen LogP contribution in [-0.4, -0.2) is 53.5 Å². The van der Waals surface area contributed by atoms with E-state index in [9.17, 15) is 0 Å². The lowest BCUT2D eigenvalue weighted by Crippen LogP contribution is -2.48. The van der Waals surface area contributed by atoms with Gasteiger partial charge in [-0.25, -0.2) is 0 Å². The molecule has 0 saturated carbocycles. The van der Waals surface area contributed by atoms with Gasteiger partial charge in [0.25, 0.3) is 0 Å². The number of nitrogens with one attached hydrogen (secondary N) is 1. The second-order valence-corrected chi connectivity index (χ2v) is 6.24. The molecule has 0 unspecified atom stereocenters. The molecule has 0 atom stereocenters. The SMILES string of the molecule is CCCNCc1ccc(CN2CCN(C(C)C)CC2)nc1. The molecule has 118 valence electrons. The predicted octanol–water partition coefficient (Wildman–Crippen LogP) is 2.11. The molecule has 0 bridgehead atoms. The number of aromatic nitrogens is 1. The highest BCUT2D eigenvalue weighted by molar-refractivity contribution is 5.14. The van der Waals surface area contributed by atoms with Gasteiger partial charge in [-0.1, -0.05) is 13.0 Å². The van der Waals surface area contributed by atoms with Crippen LogP contribution in [0.5, 0.6) is 0 Å². The molecule has 1 saturated heterocycles.